The van der Waals surface area contributed by atoms with E-state index in [1.807, 2.05) is 48.7 Å². The molecular weight excluding hydrogens is 358 g/mol. The van der Waals surface area contributed by atoms with Crippen molar-refractivity contribution in [1.82, 2.24) is 15.3 Å². The maximum Gasteiger partial charge on any atom is 0.227 e. The molecule has 0 spiro atoms. The first-order chi connectivity index (χ1) is 13.2. The van der Waals surface area contributed by atoms with Crippen molar-refractivity contribution in [2.24, 2.45) is 0 Å². The van der Waals surface area contributed by atoms with Crippen LogP contribution >= 0.6 is 11.6 Å². The zero-order valence-electron chi connectivity index (χ0n) is 15.0. The molecule has 0 saturated heterocycles. The van der Waals surface area contributed by atoms with Gasteiger partial charge in [-0.1, -0.05) is 29.8 Å². The number of halogens is 1. The lowest BCUT2D eigenvalue weighted by molar-refractivity contribution is -0.122. The number of nitrogens with zero attached hydrogens (tertiary/aromatic N) is 2. The van der Waals surface area contributed by atoms with Crippen molar-refractivity contribution in [3.63, 3.8) is 0 Å². The highest BCUT2D eigenvalue weighted by Crippen LogP contribution is 2.23. The summed E-state index contributed by atoms with van der Waals surface area (Å²) in [5, 5.41) is 3.74. The van der Waals surface area contributed by atoms with E-state index in [0.29, 0.717) is 18.0 Å². The van der Waals surface area contributed by atoms with Gasteiger partial charge in [-0.2, -0.15) is 0 Å². The predicted octanol–water partition coefficient (Wildman–Crippen LogP) is 4.21. The molecule has 1 aromatic carbocycles. The zero-order valence-corrected chi connectivity index (χ0v) is 15.8. The van der Waals surface area contributed by atoms with Gasteiger partial charge in [0.2, 0.25) is 5.91 Å². The van der Waals surface area contributed by atoms with E-state index in [1.165, 1.54) is 5.56 Å². The number of aromatic nitrogens is 2. The van der Waals surface area contributed by atoms with Crippen LogP contribution in [0.15, 0.2) is 73.3 Å². The normalized spacial score (nSPS) is 11.7. The molecule has 1 unspecified atom stereocenters. The van der Waals surface area contributed by atoms with Crippen LogP contribution in [0.2, 0.25) is 5.02 Å². The highest BCUT2D eigenvalue weighted by atomic mass is 35.5. The molecule has 0 radical (unpaired) electrons. The van der Waals surface area contributed by atoms with Gasteiger partial charge in [0.05, 0.1) is 5.92 Å². The summed E-state index contributed by atoms with van der Waals surface area (Å²) >= 11 is 6.00. The third-order valence-corrected chi connectivity index (χ3v) is 4.69. The second-order valence-corrected chi connectivity index (χ2v) is 6.86. The van der Waals surface area contributed by atoms with Gasteiger partial charge in [-0.05, 0) is 66.3 Å². The molecule has 0 aliphatic carbocycles. The van der Waals surface area contributed by atoms with E-state index in [9.17, 15) is 4.79 Å². The van der Waals surface area contributed by atoms with Crippen molar-refractivity contribution in [2.75, 3.05) is 6.54 Å². The molecule has 5 heteroatoms. The van der Waals surface area contributed by atoms with Crippen molar-refractivity contribution >= 4 is 17.5 Å². The number of aryl methyl sites for hydroxylation is 1. The first kappa shape index (κ1) is 19.1. The van der Waals surface area contributed by atoms with Crippen molar-refractivity contribution in [1.29, 1.82) is 0 Å². The second kappa shape index (κ2) is 9.83. The SMILES string of the molecule is O=C(NCCCc1cccnc1)C(Cc1ccncc1)c1ccc(Cl)cc1. The Kier molecular flexibility index (Phi) is 6.94. The van der Waals surface area contributed by atoms with E-state index < -0.39 is 0 Å². The minimum absolute atomic E-state index is 0.0281. The van der Waals surface area contributed by atoms with Crippen LogP contribution in [0.5, 0.6) is 0 Å². The third kappa shape index (κ3) is 5.90. The Morgan fingerprint density at radius 1 is 0.963 bits per heavy atom. The van der Waals surface area contributed by atoms with Gasteiger partial charge in [-0.15, -0.1) is 0 Å². The third-order valence-electron chi connectivity index (χ3n) is 4.44. The Morgan fingerprint density at radius 3 is 2.44 bits per heavy atom. The number of amides is 1. The summed E-state index contributed by atoms with van der Waals surface area (Å²) in [6, 6.07) is 15.4. The molecule has 2 heterocycles. The smallest absolute Gasteiger partial charge is 0.227 e. The molecule has 0 bridgehead atoms. The lowest BCUT2D eigenvalue weighted by atomic mass is 9.91. The van der Waals surface area contributed by atoms with Crippen LogP contribution in [0.25, 0.3) is 0 Å². The Labute approximate surface area is 164 Å². The average molecular weight is 380 g/mol. The van der Waals surface area contributed by atoms with Crippen molar-refractivity contribution in [3.05, 3.63) is 95.0 Å². The van der Waals surface area contributed by atoms with Gasteiger partial charge in [0.15, 0.2) is 0 Å². The van der Waals surface area contributed by atoms with Gasteiger partial charge in [-0.25, -0.2) is 0 Å². The van der Waals surface area contributed by atoms with Crippen LogP contribution in [-0.2, 0) is 17.6 Å². The van der Waals surface area contributed by atoms with Gasteiger partial charge in [0.25, 0.3) is 0 Å². The van der Waals surface area contributed by atoms with Crippen LogP contribution in [-0.4, -0.2) is 22.4 Å². The van der Waals surface area contributed by atoms with E-state index in [4.69, 9.17) is 11.6 Å². The number of carbonyl (C=O) groups excluding carboxylic acids is 1. The van der Waals surface area contributed by atoms with E-state index in [1.54, 1.807) is 18.6 Å². The standard InChI is InChI=1S/C22H22ClN3O/c23-20-7-5-19(6-8-20)21(15-17-9-13-24-14-10-17)22(27)26-12-2-4-18-3-1-11-25-16-18/h1,3,5-11,13-14,16,21H,2,4,12,15H2,(H,26,27). The van der Waals surface area contributed by atoms with Crippen LogP contribution in [0.4, 0.5) is 0 Å². The predicted molar refractivity (Wildman–Crippen MR) is 108 cm³/mol. The summed E-state index contributed by atoms with van der Waals surface area (Å²) in [6.45, 7) is 0.633. The highest BCUT2D eigenvalue weighted by molar-refractivity contribution is 6.30. The molecule has 1 atom stereocenters. The topological polar surface area (TPSA) is 54.9 Å². The largest absolute Gasteiger partial charge is 0.356 e. The van der Waals surface area contributed by atoms with Crippen molar-refractivity contribution < 1.29 is 4.79 Å². The molecule has 0 aliphatic heterocycles. The van der Waals surface area contributed by atoms with Crippen LogP contribution in [0, 0.1) is 0 Å². The fourth-order valence-corrected chi connectivity index (χ4v) is 3.11. The van der Waals surface area contributed by atoms with E-state index >= 15 is 0 Å². The molecule has 0 aliphatic rings. The lowest BCUT2D eigenvalue weighted by Crippen LogP contribution is -2.31. The van der Waals surface area contributed by atoms with Crippen LogP contribution in [0.3, 0.4) is 0 Å². The molecule has 138 valence electrons. The number of hydrogen-bond donors (Lipinski definition) is 1. The quantitative estimate of drug-likeness (QED) is 0.596. The Balaban J connectivity index is 1.62. The van der Waals surface area contributed by atoms with Gasteiger partial charge in [0, 0.05) is 36.4 Å². The number of nitrogens with one attached hydrogen (secondary N) is 1. The summed E-state index contributed by atoms with van der Waals surface area (Å²) in [4.78, 5) is 21.0. The summed E-state index contributed by atoms with van der Waals surface area (Å²) in [5.74, 6) is -0.233. The lowest BCUT2D eigenvalue weighted by Gasteiger charge is -2.18. The maximum atomic E-state index is 12.9. The summed E-state index contributed by atoms with van der Waals surface area (Å²) in [6.07, 6.45) is 9.52. The molecule has 2 aromatic heterocycles. The van der Waals surface area contributed by atoms with Crippen LogP contribution in [0.1, 0.15) is 29.0 Å². The Hall–Kier alpha value is -2.72. The molecule has 0 fully saturated rings. The minimum Gasteiger partial charge on any atom is -0.356 e. The average Bonchev–Trinajstić information content (AvgIpc) is 2.72. The van der Waals surface area contributed by atoms with E-state index in [0.717, 1.165) is 24.0 Å². The molecule has 4 nitrogen and oxygen atoms in total. The monoisotopic (exact) mass is 379 g/mol. The Bertz CT molecular complexity index is 838. The molecule has 3 aromatic rings. The highest BCUT2D eigenvalue weighted by Gasteiger charge is 2.21. The number of hydrogen-bond acceptors (Lipinski definition) is 3. The fraction of sp³-hybridized carbons (Fsp3) is 0.227. The zero-order chi connectivity index (χ0) is 18.9. The molecular formula is C22H22ClN3O. The first-order valence-corrected chi connectivity index (χ1v) is 9.41. The molecule has 0 saturated carbocycles. The second-order valence-electron chi connectivity index (χ2n) is 6.42. The fourth-order valence-electron chi connectivity index (χ4n) is 2.98. The number of benzene rings is 1. The summed E-state index contributed by atoms with van der Waals surface area (Å²) < 4.78 is 0. The molecule has 1 N–H and O–H groups in total. The maximum absolute atomic E-state index is 12.9. The van der Waals surface area contributed by atoms with E-state index in [2.05, 4.69) is 21.4 Å². The number of rotatable bonds is 8. The van der Waals surface area contributed by atoms with Crippen molar-refractivity contribution in [3.8, 4) is 0 Å². The molecule has 1 amide bonds. The van der Waals surface area contributed by atoms with Gasteiger partial charge < -0.3 is 5.32 Å². The van der Waals surface area contributed by atoms with E-state index in [-0.39, 0.29) is 11.8 Å². The molecule has 3 rings (SSSR count). The van der Waals surface area contributed by atoms with Gasteiger partial charge in [-0.3, -0.25) is 14.8 Å². The molecule has 27 heavy (non-hydrogen) atoms. The van der Waals surface area contributed by atoms with Crippen molar-refractivity contribution in [2.45, 2.75) is 25.2 Å². The number of carbonyl (C=O) groups is 1. The summed E-state index contributed by atoms with van der Waals surface area (Å²) in [7, 11) is 0. The van der Waals surface area contributed by atoms with Gasteiger partial charge >= 0.3 is 0 Å². The Morgan fingerprint density at radius 2 is 1.74 bits per heavy atom. The first-order valence-electron chi connectivity index (χ1n) is 9.03. The summed E-state index contributed by atoms with van der Waals surface area (Å²) in [5.41, 5.74) is 3.22. The minimum atomic E-state index is -0.261. The van der Waals surface area contributed by atoms with Crippen LogP contribution < -0.4 is 5.32 Å². The number of pyridine rings is 2. The van der Waals surface area contributed by atoms with Gasteiger partial charge in [0.1, 0.15) is 0 Å².